The van der Waals surface area contributed by atoms with Crippen molar-refractivity contribution < 1.29 is 13.2 Å². The highest BCUT2D eigenvalue weighted by atomic mass is 79.9. The Morgan fingerprint density at radius 3 is 2.45 bits per heavy atom. The van der Waals surface area contributed by atoms with Crippen molar-refractivity contribution >= 4 is 25.8 Å². The van der Waals surface area contributed by atoms with E-state index in [9.17, 15) is 13.7 Å². The summed E-state index contributed by atoms with van der Waals surface area (Å²) in [5.74, 6) is -0.275. The molecule has 0 unspecified atom stereocenters. The van der Waals surface area contributed by atoms with E-state index >= 15 is 0 Å². The minimum atomic E-state index is -3.29. The van der Waals surface area contributed by atoms with Gasteiger partial charge in [0.1, 0.15) is 5.41 Å². The maximum absolute atomic E-state index is 12.2. The van der Waals surface area contributed by atoms with Crippen molar-refractivity contribution in [3.8, 4) is 6.07 Å². The summed E-state index contributed by atoms with van der Waals surface area (Å²) >= 11 is 3.35. The minimum absolute atomic E-state index is 0.0395. The smallest absolute Gasteiger partial charge is 0.155 e. The van der Waals surface area contributed by atoms with Crippen LogP contribution in [-0.2, 0) is 14.6 Å². The number of nitrogens with zero attached hydrogens (tertiary/aromatic N) is 1. The molecule has 0 saturated heterocycles. The number of rotatable bonds is 5. The number of hydrogen-bond acceptors (Lipinski definition) is 4. The zero-order chi connectivity index (χ0) is 15.0. The van der Waals surface area contributed by atoms with Crippen LogP contribution in [0.4, 0.5) is 0 Å². The van der Waals surface area contributed by atoms with Gasteiger partial charge in [0.2, 0.25) is 0 Å². The molecule has 1 aromatic carbocycles. The third kappa shape index (κ3) is 2.39. The Kier molecular flexibility index (Phi) is 4.24. The summed E-state index contributed by atoms with van der Waals surface area (Å²) in [5, 5.41) is 8.82. The minimum Gasteiger partial charge on any atom is -0.383 e. The monoisotopic (exact) mass is 357 g/mol. The van der Waals surface area contributed by atoms with E-state index < -0.39 is 20.5 Å². The SMILES string of the molecule is CCS(=O)(=O)[C@@H]1[C@H](c2ccc(Br)cc2)[C@@]1(C#N)COC. The molecule has 1 fully saturated rings. The predicted molar refractivity (Wildman–Crippen MR) is 80.1 cm³/mol. The van der Waals surface area contributed by atoms with Gasteiger partial charge in [0.05, 0.1) is 17.9 Å². The fourth-order valence-electron chi connectivity index (χ4n) is 2.83. The van der Waals surface area contributed by atoms with Gasteiger partial charge < -0.3 is 4.74 Å². The van der Waals surface area contributed by atoms with E-state index in [1.165, 1.54) is 7.11 Å². The molecule has 1 saturated carbocycles. The molecule has 20 heavy (non-hydrogen) atoms. The van der Waals surface area contributed by atoms with Crippen molar-refractivity contribution in [2.24, 2.45) is 5.41 Å². The molecule has 0 amide bonds. The van der Waals surface area contributed by atoms with Crippen molar-refractivity contribution in [3.05, 3.63) is 34.3 Å². The van der Waals surface area contributed by atoms with Gasteiger partial charge in [-0.25, -0.2) is 8.42 Å². The third-order valence-electron chi connectivity index (χ3n) is 3.87. The van der Waals surface area contributed by atoms with Crippen LogP contribution in [0.3, 0.4) is 0 Å². The molecule has 1 aliphatic carbocycles. The zero-order valence-corrected chi connectivity index (χ0v) is 13.7. The van der Waals surface area contributed by atoms with Crippen molar-refractivity contribution in [1.82, 2.24) is 0 Å². The lowest BCUT2D eigenvalue weighted by atomic mass is 10.0. The molecule has 0 bridgehead atoms. The number of hydrogen-bond donors (Lipinski definition) is 0. The molecule has 2 rings (SSSR count). The predicted octanol–water partition coefficient (Wildman–Crippen LogP) is 2.51. The largest absolute Gasteiger partial charge is 0.383 e. The standard InChI is InChI=1S/C14H16BrNO3S/c1-3-20(17,18)13-12(14(13,8-16)9-19-2)10-4-6-11(15)7-5-10/h4-7,12-13H,3,9H2,1-2H3/t12-,13+,14+/m0/s1. The lowest BCUT2D eigenvalue weighted by Crippen LogP contribution is -2.20. The number of sulfone groups is 1. The summed E-state index contributed by atoms with van der Waals surface area (Å²) in [6, 6.07) is 9.64. The molecule has 1 aromatic rings. The summed E-state index contributed by atoms with van der Waals surface area (Å²) in [6.45, 7) is 1.75. The number of benzene rings is 1. The summed E-state index contributed by atoms with van der Waals surface area (Å²) in [4.78, 5) is 0. The van der Waals surface area contributed by atoms with Crippen LogP contribution < -0.4 is 0 Å². The van der Waals surface area contributed by atoms with E-state index in [4.69, 9.17) is 4.74 Å². The molecule has 108 valence electrons. The molecule has 0 spiro atoms. The molecule has 1 aliphatic rings. The van der Waals surface area contributed by atoms with E-state index in [-0.39, 0.29) is 18.3 Å². The average molecular weight is 358 g/mol. The van der Waals surface area contributed by atoms with Crippen molar-refractivity contribution in [3.63, 3.8) is 0 Å². The lowest BCUT2D eigenvalue weighted by molar-refractivity contribution is 0.162. The lowest BCUT2D eigenvalue weighted by Gasteiger charge is -2.07. The first-order valence-corrected chi connectivity index (χ1v) is 8.81. The molecule has 0 aromatic heterocycles. The highest BCUT2D eigenvalue weighted by Crippen LogP contribution is 2.62. The quantitative estimate of drug-likeness (QED) is 0.811. The third-order valence-corrected chi connectivity index (χ3v) is 6.67. The molecule has 0 N–H and O–H groups in total. The topological polar surface area (TPSA) is 67.2 Å². The van der Waals surface area contributed by atoms with Crippen LogP contribution in [0.2, 0.25) is 0 Å². The molecule has 3 atom stereocenters. The van der Waals surface area contributed by atoms with Crippen LogP contribution in [0.1, 0.15) is 18.4 Å². The maximum atomic E-state index is 12.2. The molecule has 0 heterocycles. The fraction of sp³-hybridized carbons (Fsp3) is 0.500. The van der Waals surface area contributed by atoms with E-state index in [2.05, 4.69) is 22.0 Å². The maximum Gasteiger partial charge on any atom is 0.155 e. The van der Waals surface area contributed by atoms with Crippen molar-refractivity contribution in [2.45, 2.75) is 18.1 Å². The van der Waals surface area contributed by atoms with E-state index in [0.717, 1.165) is 10.0 Å². The average Bonchev–Trinajstić information content (AvgIpc) is 3.10. The van der Waals surface area contributed by atoms with Crippen molar-refractivity contribution in [1.29, 1.82) is 5.26 Å². The number of halogens is 1. The Morgan fingerprint density at radius 1 is 1.40 bits per heavy atom. The van der Waals surface area contributed by atoms with Crippen LogP contribution in [0.5, 0.6) is 0 Å². The second kappa shape index (κ2) is 5.47. The Hall–Kier alpha value is -0.900. The molecule has 0 radical (unpaired) electrons. The van der Waals surface area contributed by atoms with Crippen LogP contribution >= 0.6 is 15.9 Å². The number of ether oxygens (including phenoxy) is 1. The van der Waals surface area contributed by atoms with Gasteiger partial charge in [0, 0.05) is 23.3 Å². The summed E-state index contributed by atoms with van der Waals surface area (Å²) < 4.78 is 30.5. The summed E-state index contributed by atoms with van der Waals surface area (Å²) in [7, 11) is -1.80. The first-order chi connectivity index (χ1) is 9.43. The summed E-state index contributed by atoms with van der Waals surface area (Å²) in [5.41, 5.74) is -0.0916. The first-order valence-electron chi connectivity index (χ1n) is 6.30. The van der Waals surface area contributed by atoms with Crippen LogP contribution in [0, 0.1) is 16.7 Å². The molecule has 6 heteroatoms. The first kappa shape index (κ1) is 15.5. The molecule has 4 nitrogen and oxygen atoms in total. The Balaban J connectivity index is 2.45. The normalized spacial score (nSPS) is 28.9. The van der Waals surface area contributed by atoms with Gasteiger partial charge in [0.15, 0.2) is 9.84 Å². The molecular formula is C14H16BrNO3S. The van der Waals surface area contributed by atoms with Crippen LogP contribution in [0.25, 0.3) is 0 Å². The van der Waals surface area contributed by atoms with Crippen molar-refractivity contribution in [2.75, 3.05) is 19.5 Å². The van der Waals surface area contributed by atoms with Crippen LogP contribution in [-0.4, -0.2) is 33.1 Å². The Morgan fingerprint density at radius 2 is 2.00 bits per heavy atom. The van der Waals surface area contributed by atoms with E-state index in [1.54, 1.807) is 6.92 Å². The molecular weight excluding hydrogens is 342 g/mol. The van der Waals surface area contributed by atoms with E-state index in [1.807, 2.05) is 24.3 Å². The van der Waals surface area contributed by atoms with Gasteiger partial charge in [-0.05, 0) is 17.7 Å². The molecule has 0 aliphatic heterocycles. The van der Waals surface area contributed by atoms with Gasteiger partial charge >= 0.3 is 0 Å². The highest BCUT2D eigenvalue weighted by molar-refractivity contribution is 9.10. The van der Waals surface area contributed by atoms with Gasteiger partial charge in [-0.1, -0.05) is 35.0 Å². The van der Waals surface area contributed by atoms with Gasteiger partial charge in [0.25, 0.3) is 0 Å². The van der Waals surface area contributed by atoms with E-state index in [0.29, 0.717) is 0 Å². The highest BCUT2D eigenvalue weighted by Gasteiger charge is 2.71. The number of nitriles is 1. The Bertz CT molecular complexity index is 635. The zero-order valence-electron chi connectivity index (χ0n) is 11.3. The second-order valence-electron chi connectivity index (χ2n) is 4.99. The Labute approximate surface area is 127 Å². The fourth-order valence-corrected chi connectivity index (χ4v) is 5.10. The van der Waals surface area contributed by atoms with Gasteiger partial charge in [-0.3, -0.25) is 0 Å². The van der Waals surface area contributed by atoms with Gasteiger partial charge in [-0.2, -0.15) is 5.26 Å². The van der Waals surface area contributed by atoms with Crippen LogP contribution in [0.15, 0.2) is 28.7 Å². The number of methoxy groups -OCH3 is 1. The second-order valence-corrected chi connectivity index (χ2v) is 8.31. The van der Waals surface area contributed by atoms with Gasteiger partial charge in [-0.15, -0.1) is 0 Å². The summed E-state index contributed by atoms with van der Waals surface area (Å²) in [6.07, 6.45) is 0.